The lowest BCUT2D eigenvalue weighted by Crippen LogP contribution is -2.38. The largest absolute Gasteiger partial charge is 0.496 e. The second-order valence-electron chi connectivity index (χ2n) is 4.61. The minimum Gasteiger partial charge on any atom is -0.496 e. The molecule has 6 heteroatoms. The van der Waals surface area contributed by atoms with Crippen LogP contribution >= 0.6 is 15.9 Å². The Morgan fingerprint density at radius 3 is 2.74 bits per heavy atom. The van der Waals surface area contributed by atoms with E-state index in [4.69, 9.17) is 10.5 Å². The maximum atomic E-state index is 11.9. The Morgan fingerprint density at radius 1 is 1.47 bits per heavy atom. The number of benzene rings is 1. The van der Waals surface area contributed by atoms with E-state index in [9.17, 15) is 4.79 Å². The second kappa shape index (κ2) is 5.21. The average Bonchev–Trinajstić information content (AvgIpc) is 2.64. The molecule has 2 amide bonds. The molecular weight excluding hydrogens is 310 g/mol. The number of rotatable bonds is 3. The summed E-state index contributed by atoms with van der Waals surface area (Å²) in [5, 5.41) is 0. The van der Waals surface area contributed by atoms with E-state index in [0.717, 1.165) is 10.0 Å². The molecule has 5 nitrogen and oxygen atoms in total. The number of hydrogen-bond acceptors (Lipinski definition) is 3. The molecule has 0 saturated heterocycles. The Hall–Kier alpha value is -1.56. The number of ether oxygens (including phenoxy) is 1. The van der Waals surface area contributed by atoms with Gasteiger partial charge in [-0.3, -0.25) is 0 Å². The monoisotopic (exact) mass is 325 g/mol. The van der Waals surface area contributed by atoms with Crippen molar-refractivity contribution in [3.63, 3.8) is 0 Å². The number of hydrogen-bond donors (Lipinski definition) is 1. The maximum absolute atomic E-state index is 11.9. The topological polar surface area (TPSA) is 67.9 Å². The molecule has 2 N–H and O–H groups in total. The number of urea groups is 1. The summed E-state index contributed by atoms with van der Waals surface area (Å²) in [7, 11) is 1.59. The van der Waals surface area contributed by atoms with Gasteiger partial charge in [-0.2, -0.15) is 4.99 Å². The molecule has 102 valence electrons. The average molecular weight is 326 g/mol. The number of amidine groups is 1. The van der Waals surface area contributed by atoms with Crippen LogP contribution in [-0.4, -0.2) is 29.9 Å². The fourth-order valence-electron chi connectivity index (χ4n) is 2.23. The van der Waals surface area contributed by atoms with Crippen LogP contribution in [0.2, 0.25) is 0 Å². The smallest absolute Gasteiger partial charge is 0.346 e. The second-order valence-corrected chi connectivity index (χ2v) is 5.52. The molecule has 1 aromatic carbocycles. The summed E-state index contributed by atoms with van der Waals surface area (Å²) in [6, 6.07) is 4.95. The standard InChI is InChI=1S/C13H16BrN3O2/c1-7(2)17-11(12(15)16-13(17)18)9-6-8(14)4-5-10(9)19-3/h4-7,11H,1-3H3,(H2,15,16,18). The van der Waals surface area contributed by atoms with Crippen LogP contribution in [0, 0.1) is 0 Å². The summed E-state index contributed by atoms with van der Waals surface area (Å²) < 4.78 is 6.26. The molecule has 0 aliphatic carbocycles. The lowest BCUT2D eigenvalue weighted by molar-refractivity contribution is 0.189. The fourth-order valence-corrected chi connectivity index (χ4v) is 2.61. The molecule has 2 rings (SSSR count). The minimum absolute atomic E-state index is 0.00554. The third-order valence-electron chi connectivity index (χ3n) is 3.05. The first-order chi connectivity index (χ1) is 8.95. The third kappa shape index (κ3) is 2.45. The van der Waals surface area contributed by atoms with E-state index in [2.05, 4.69) is 20.9 Å². The van der Waals surface area contributed by atoms with E-state index in [1.165, 1.54) is 0 Å². The number of nitrogens with two attached hydrogens (primary N) is 1. The summed E-state index contributed by atoms with van der Waals surface area (Å²) in [6.07, 6.45) is 0. The number of carbonyl (C=O) groups excluding carboxylic acids is 1. The fraction of sp³-hybridized carbons (Fsp3) is 0.385. The normalized spacial score (nSPS) is 19.0. The van der Waals surface area contributed by atoms with Crippen molar-refractivity contribution in [3.8, 4) is 5.75 Å². The summed E-state index contributed by atoms with van der Waals surface area (Å²) in [5.74, 6) is 0.988. The van der Waals surface area contributed by atoms with Gasteiger partial charge in [-0.15, -0.1) is 0 Å². The van der Waals surface area contributed by atoms with Crippen molar-refractivity contribution in [2.75, 3.05) is 7.11 Å². The lowest BCUT2D eigenvalue weighted by atomic mass is 10.0. The summed E-state index contributed by atoms with van der Waals surface area (Å²) in [5.41, 5.74) is 6.75. The van der Waals surface area contributed by atoms with Gasteiger partial charge in [0, 0.05) is 16.1 Å². The minimum atomic E-state index is -0.375. The van der Waals surface area contributed by atoms with Crippen LogP contribution in [0.5, 0.6) is 5.75 Å². The molecule has 0 fully saturated rings. The van der Waals surface area contributed by atoms with E-state index >= 15 is 0 Å². The zero-order chi connectivity index (χ0) is 14.2. The Labute approximate surface area is 120 Å². The first kappa shape index (κ1) is 13.9. The summed E-state index contributed by atoms with van der Waals surface area (Å²) in [4.78, 5) is 17.4. The number of amides is 2. The highest BCUT2D eigenvalue weighted by molar-refractivity contribution is 9.10. The van der Waals surface area contributed by atoms with Crippen LogP contribution in [0.1, 0.15) is 25.5 Å². The summed E-state index contributed by atoms with van der Waals surface area (Å²) in [6.45, 7) is 3.87. The van der Waals surface area contributed by atoms with Crippen LogP contribution in [0.4, 0.5) is 4.79 Å². The van der Waals surface area contributed by atoms with Gasteiger partial charge in [0.25, 0.3) is 0 Å². The van der Waals surface area contributed by atoms with Crippen molar-refractivity contribution in [3.05, 3.63) is 28.2 Å². The molecule has 1 heterocycles. The molecule has 0 bridgehead atoms. The predicted octanol–water partition coefficient (Wildman–Crippen LogP) is 2.70. The molecular formula is C13H16BrN3O2. The zero-order valence-electron chi connectivity index (χ0n) is 11.1. The van der Waals surface area contributed by atoms with Gasteiger partial charge >= 0.3 is 6.03 Å². The Bertz CT molecular complexity index is 543. The van der Waals surface area contributed by atoms with Crippen molar-refractivity contribution >= 4 is 27.8 Å². The van der Waals surface area contributed by atoms with Gasteiger partial charge in [0.2, 0.25) is 0 Å². The van der Waals surface area contributed by atoms with Crippen LogP contribution in [0.25, 0.3) is 0 Å². The molecule has 1 atom stereocenters. The zero-order valence-corrected chi connectivity index (χ0v) is 12.6. The van der Waals surface area contributed by atoms with Crippen molar-refractivity contribution in [1.82, 2.24) is 4.90 Å². The number of carbonyl (C=O) groups is 1. The third-order valence-corrected chi connectivity index (χ3v) is 3.54. The first-order valence-corrected chi connectivity index (χ1v) is 6.74. The number of aliphatic imine (C=N–C) groups is 1. The van der Waals surface area contributed by atoms with Crippen LogP contribution in [0.15, 0.2) is 27.7 Å². The highest BCUT2D eigenvalue weighted by Gasteiger charge is 2.37. The van der Waals surface area contributed by atoms with Gasteiger partial charge in [-0.25, -0.2) is 4.79 Å². The molecule has 0 radical (unpaired) electrons. The number of nitrogens with zero attached hydrogens (tertiary/aromatic N) is 2. The van der Waals surface area contributed by atoms with E-state index in [-0.39, 0.29) is 18.1 Å². The van der Waals surface area contributed by atoms with Crippen molar-refractivity contribution in [1.29, 1.82) is 0 Å². The van der Waals surface area contributed by atoms with Crippen molar-refractivity contribution in [2.24, 2.45) is 10.7 Å². The van der Waals surface area contributed by atoms with Crippen LogP contribution in [-0.2, 0) is 0 Å². The van der Waals surface area contributed by atoms with Gasteiger partial charge in [0.05, 0.1) is 7.11 Å². The number of methoxy groups -OCH3 is 1. The van der Waals surface area contributed by atoms with Gasteiger partial charge in [0.1, 0.15) is 17.6 Å². The SMILES string of the molecule is COc1ccc(Br)cc1C1C(N)=NC(=O)N1C(C)C. The molecule has 0 saturated carbocycles. The van der Waals surface area contributed by atoms with Gasteiger partial charge in [-0.1, -0.05) is 15.9 Å². The van der Waals surface area contributed by atoms with Gasteiger partial charge < -0.3 is 15.4 Å². The number of halogens is 1. The highest BCUT2D eigenvalue weighted by atomic mass is 79.9. The lowest BCUT2D eigenvalue weighted by Gasteiger charge is -2.29. The maximum Gasteiger partial charge on any atom is 0.346 e. The van der Waals surface area contributed by atoms with E-state index in [1.807, 2.05) is 32.0 Å². The van der Waals surface area contributed by atoms with Crippen LogP contribution < -0.4 is 10.5 Å². The van der Waals surface area contributed by atoms with Crippen molar-refractivity contribution in [2.45, 2.75) is 25.9 Å². The van der Waals surface area contributed by atoms with E-state index in [1.54, 1.807) is 12.0 Å². The van der Waals surface area contributed by atoms with E-state index < -0.39 is 0 Å². The highest BCUT2D eigenvalue weighted by Crippen LogP contribution is 2.36. The quantitative estimate of drug-likeness (QED) is 0.928. The van der Waals surface area contributed by atoms with Crippen LogP contribution in [0.3, 0.4) is 0 Å². The molecule has 1 aromatic rings. The molecule has 0 aromatic heterocycles. The summed E-state index contributed by atoms with van der Waals surface area (Å²) >= 11 is 3.42. The molecule has 0 spiro atoms. The Kier molecular flexibility index (Phi) is 3.80. The molecule has 1 aliphatic rings. The van der Waals surface area contributed by atoms with Gasteiger partial charge in [0.15, 0.2) is 0 Å². The van der Waals surface area contributed by atoms with Crippen molar-refractivity contribution < 1.29 is 9.53 Å². The van der Waals surface area contributed by atoms with Gasteiger partial charge in [-0.05, 0) is 32.0 Å². The molecule has 19 heavy (non-hydrogen) atoms. The molecule has 1 aliphatic heterocycles. The first-order valence-electron chi connectivity index (χ1n) is 5.95. The van der Waals surface area contributed by atoms with E-state index in [0.29, 0.717) is 11.6 Å². The predicted molar refractivity (Wildman–Crippen MR) is 77.4 cm³/mol. The molecule has 1 unspecified atom stereocenters. The Balaban J connectivity index is 2.53. The Morgan fingerprint density at radius 2 is 2.16 bits per heavy atom.